The van der Waals surface area contributed by atoms with Gasteiger partial charge in [0.2, 0.25) is 0 Å². The van der Waals surface area contributed by atoms with Gasteiger partial charge in [0.05, 0.1) is 16.2 Å². The second kappa shape index (κ2) is 6.23. The molecule has 1 aliphatic heterocycles. The van der Waals surface area contributed by atoms with Crippen molar-refractivity contribution < 1.29 is 14.5 Å². The Balaban J connectivity index is 1.84. The number of nitrogens with zero attached hydrogens (tertiary/aromatic N) is 1. The zero-order chi connectivity index (χ0) is 19.2. The zero-order valence-corrected chi connectivity index (χ0v) is 15.2. The number of ether oxygens (including phenoxy) is 1. The van der Waals surface area contributed by atoms with Crippen LogP contribution in [0.2, 0.25) is 0 Å². The number of anilines is 1. The predicted octanol–water partition coefficient (Wildman–Crippen LogP) is 4.78. The first-order chi connectivity index (χ1) is 12.8. The monoisotopic (exact) mass is 364 g/mol. The van der Waals surface area contributed by atoms with Gasteiger partial charge in [0.25, 0.3) is 5.69 Å². The molecule has 2 aromatic rings. The second-order valence-corrected chi connectivity index (χ2v) is 7.80. The van der Waals surface area contributed by atoms with Crippen LogP contribution in [0.1, 0.15) is 38.4 Å². The van der Waals surface area contributed by atoms with Crippen LogP contribution in [0.3, 0.4) is 0 Å². The third kappa shape index (κ3) is 3.18. The van der Waals surface area contributed by atoms with Crippen molar-refractivity contribution in [3.63, 3.8) is 0 Å². The quantitative estimate of drug-likeness (QED) is 0.612. The van der Waals surface area contributed by atoms with Gasteiger partial charge >= 0.3 is 0 Å². The lowest BCUT2D eigenvalue weighted by atomic mass is 9.74. The molecule has 2 aliphatic rings. The summed E-state index contributed by atoms with van der Waals surface area (Å²) in [6.45, 7) is 4.16. The number of rotatable bonds is 2. The molecule has 1 N–H and O–H groups in total. The Morgan fingerprint density at radius 2 is 1.81 bits per heavy atom. The van der Waals surface area contributed by atoms with E-state index in [2.05, 4.69) is 19.2 Å². The number of nitro benzene ring substituents is 1. The molecule has 0 bridgehead atoms. The Bertz CT molecular complexity index is 960. The molecule has 4 rings (SSSR count). The molecule has 0 radical (unpaired) electrons. The number of para-hydroxylation sites is 2. The highest BCUT2D eigenvalue weighted by Crippen LogP contribution is 2.46. The highest BCUT2D eigenvalue weighted by atomic mass is 16.6. The van der Waals surface area contributed by atoms with Crippen LogP contribution in [0.5, 0.6) is 5.75 Å². The van der Waals surface area contributed by atoms with Crippen molar-refractivity contribution >= 4 is 17.2 Å². The van der Waals surface area contributed by atoms with E-state index in [1.54, 1.807) is 12.1 Å². The van der Waals surface area contributed by atoms with Gasteiger partial charge in [0, 0.05) is 24.3 Å². The molecule has 138 valence electrons. The van der Waals surface area contributed by atoms with Gasteiger partial charge in [-0.15, -0.1) is 0 Å². The molecule has 1 heterocycles. The summed E-state index contributed by atoms with van der Waals surface area (Å²) < 4.78 is 6.24. The van der Waals surface area contributed by atoms with Gasteiger partial charge in [-0.1, -0.05) is 26.0 Å². The summed E-state index contributed by atoms with van der Waals surface area (Å²) in [6, 6.07) is 13.8. The van der Waals surface area contributed by atoms with Gasteiger partial charge in [-0.3, -0.25) is 14.9 Å². The van der Waals surface area contributed by atoms with Crippen LogP contribution in [0, 0.1) is 15.5 Å². The molecule has 0 aromatic heterocycles. The first-order valence-corrected chi connectivity index (χ1v) is 8.87. The van der Waals surface area contributed by atoms with Crippen LogP contribution < -0.4 is 10.1 Å². The van der Waals surface area contributed by atoms with E-state index in [4.69, 9.17) is 4.74 Å². The molecule has 27 heavy (non-hydrogen) atoms. The molecule has 0 spiro atoms. The van der Waals surface area contributed by atoms with Crippen LogP contribution in [0.15, 0.2) is 59.8 Å². The molecule has 0 saturated heterocycles. The number of benzene rings is 2. The van der Waals surface area contributed by atoms with E-state index in [1.165, 1.54) is 12.1 Å². The summed E-state index contributed by atoms with van der Waals surface area (Å²) in [5.74, 6) is 0.700. The topological polar surface area (TPSA) is 81.5 Å². The number of fused-ring (bicyclic) bond motifs is 1. The first-order valence-electron chi connectivity index (χ1n) is 8.87. The third-order valence-electron chi connectivity index (χ3n) is 5.01. The highest BCUT2D eigenvalue weighted by molar-refractivity contribution is 5.99. The van der Waals surface area contributed by atoms with E-state index >= 15 is 0 Å². The van der Waals surface area contributed by atoms with E-state index < -0.39 is 11.0 Å². The van der Waals surface area contributed by atoms with Crippen molar-refractivity contribution in [2.45, 2.75) is 32.8 Å². The summed E-state index contributed by atoms with van der Waals surface area (Å²) in [4.78, 5) is 23.5. The van der Waals surface area contributed by atoms with Gasteiger partial charge in [-0.2, -0.15) is 0 Å². The van der Waals surface area contributed by atoms with E-state index in [0.29, 0.717) is 17.7 Å². The number of non-ortho nitro benzene ring substituents is 1. The molecule has 6 nitrogen and oxygen atoms in total. The standard InChI is InChI=1S/C21H20N2O4/c1-21(2)11-16-19(17(24)12-21)20(13-7-9-14(10-8-13)23(25)26)27-18-6-4-3-5-15(18)22-16/h3-10,20,22H,11-12H2,1-2H3. The minimum Gasteiger partial charge on any atom is -0.479 e. The Morgan fingerprint density at radius 3 is 2.52 bits per heavy atom. The fourth-order valence-corrected chi connectivity index (χ4v) is 3.78. The van der Waals surface area contributed by atoms with Crippen molar-refractivity contribution in [1.29, 1.82) is 0 Å². The molecule has 1 aliphatic carbocycles. The fraction of sp³-hybridized carbons (Fsp3) is 0.286. The number of allylic oxidation sites excluding steroid dienone is 1. The molecule has 6 heteroatoms. The molecule has 1 unspecified atom stereocenters. The van der Waals surface area contributed by atoms with Crippen molar-refractivity contribution in [1.82, 2.24) is 0 Å². The highest BCUT2D eigenvalue weighted by Gasteiger charge is 2.39. The van der Waals surface area contributed by atoms with Gasteiger partial charge < -0.3 is 10.1 Å². The minimum atomic E-state index is -0.597. The predicted molar refractivity (Wildman–Crippen MR) is 102 cm³/mol. The minimum absolute atomic E-state index is 0.0104. The average molecular weight is 364 g/mol. The Morgan fingerprint density at radius 1 is 1.11 bits per heavy atom. The van der Waals surface area contributed by atoms with Crippen molar-refractivity contribution in [3.8, 4) is 5.75 Å². The summed E-state index contributed by atoms with van der Waals surface area (Å²) in [5, 5.41) is 14.4. The Hall–Kier alpha value is -3.15. The maximum Gasteiger partial charge on any atom is 0.269 e. The van der Waals surface area contributed by atoms with Gasteiger partial charge in [0.1, 0.15) is 5.75 Å². The number of ketones is 1. The van der Waals surface area contributed by atoms with E-state index in [-0.39, 0.29) is 16.9 Å². The average Bonchev–Trinajstić information content (AvgIpc) is 2.77. The molecule has 0 amide bonds. The summed E-state index contributed by atoms with van der Waals surface area (Å²) in [5.41, 5.74) is 2.89. The van der Waals surface area contributed by atoms with E-state index in [1.807, 2.05) is 24.3 Å². The zero-order valence-electron chi connectivity index (χ0n) is 15.2. The molecule has 2 aromatic carbocycles. The Labute approximate surface area is 157 Å². The molecule has 1 atom stereocenters. The molecule has 0 fully saturated rings. The largest absolute Gasteiger partial charge is 0.479 e. The number of Topliss-reactive ketones (excluding diaryl/α,β-unsaturated/α-hetero) is 1. The molecular weight excluding hydrogens is 344 g/mol. The molecule has 0 saturated carbocycles. The van der Waals surface area contributed by atoms with Crippen molar-refractivity contribution in [3.05, 3.63) is 75.5 Å². The van der Waals surface area contributed by atoms with E-state index in [9.17, 15) is 14.9 Å². The van der Waals surface area contributed by atoms with E-state index in [0.717, 1.165) is 23.4 Å². The van der Waals surface area contributed by atoms with Crippen LogP contribution in [-0.2, 0) is 4.79 Å². The maximum absolute atomic E-state index is 13.0. The van der Waals surface area contributed by atoms with Crippen LogP contribution >= 0.6 is 0 Å². The SMILES string of the molecule is CC1(C)CC(=O)C2=C(C1)Nc1ccccc1OC2c1ccc([N+](=O)[O-])cc1. The van der Waals surface area contributed by atoms with Crippen LogP contribution in [0.25, 0.3) is 0 Å². The summed E-state index contributed by atoms with van der Waals surface area (Å²) in [7, 11) is 0. The van der Waals surface area contributed by atoms with Crippen LogP contribution in [-0.4, -0.2) is 10.7 Å². The fourth-order valence-electron chi connectivity index (χ4n) is 3.78. The number of hydrogen-bond acceptors (Lipinski definition) is 5. The first kappa shape index (κ1) is 17.3. The van der Waals surface area contributed by atoms with Crippen molar-refractivity contribution in [2.24, 2.45) is 5.41 Å². The van der Waals surface area contributed by atoms with Crippen LogP contribution in [0.4, 0.5) is 11.4 Å². The second-order valence-electron chi connectivity index (χ2n) is 7.80. The maximum atomic E-state index is 13.0. The van der Waals surface area contributed by atoms with Gasteiger partial charge in [-0.05, 0) is 41.7 Å². The van der Waals surface area contributed by atoms with Crippen molar-refractivity contribution in [2.75, 3.05) is 5.32 Å². The van der Waals surface area contributed by atoms with Gasteiger partial charge in [0.15, 0.2) is 11.9 Å². The lowest BCUT2D eigenvalue weighted by Crippen LogP contribution is -2.31. The third-order valence-corrected chi connectivity index (χ3v) is 5.01. The Kier molecular flexibility index (Phi) is 3.98. The lowest BCUT2D eigenvalue weighted by Gasteiger charge is -2.33. The smallest absolute Gasteiger partial charge is 0.269 e. The lowest BCUT2D eigenvalue weighted by molar-refractivity contribution is -0.384. The number of carbonyl (C=O) groups excluding carboxylic acids is 1. The molecular formula is C21H20N2O4. The summed E-state index contributed by atoms with van der Waals surface area (Å²) >= 11 is 0. The summed E-state index contributed by atoms with van der Waals surface area (Å²) in [6.07, 6.45) is 0.576. The number of nitrogens with one attached hydrogen (secondary N) is 1. The number of nitro groups is 1. The number of hydrogen-bond donors (Lipinski definition) is 1. The normalized spacial score (nSPS) is 20.7. The van der Waals surface area contributed by atoms with Gasteiger partial charge in [-0.25, -0.2) is 0 Å². The number of carbonyl (C=O) groups is 1.